The lowest BCUT2D eigenvalue weighted by Crippen LogP contribution is -2.52. The van der Waals surface area contributed by atoms with Crippen molar-refractivity contribution in [3.05, 3.63) is 34.6 Å². The third-order valence-electron chi connectivity index (χ3n) is 4.16. The molecule has 0 aromatic heterocycles. The summed E-state index contributed by atoms with van der Waals surface area (Å²) in [4.78, 5) is 25.6. The van der Waals surface area contributed by atoms with Crippen molar-refractivity contribution in [1.29, 1.82) is 0 Å². The number of halogens is 2. The SMILES string of the molecule is COC[C@@]1(C(=O)O)CCCN(C(=O)Cc2ccc(F)cc2Cl)C1. The first-order chi connectivity index (χ1) is 10.9. The number of piperidine rings is 1. The van der Waals surface area contributed by atoms with E-state index in [0.717, 1.165) is 6.07 Å². The zero-order valence-corrected chi connectivity index (χ0v) is 13.6. The molecule has 5 nitrogen and oxygen atoms in total. The molecule has 0 unspecified atom stereocenters. The summed E-state index contributed by atoms with van der Waals surface area (Å²) in [5.74, 6) is -1.65. The first kappa shape index (κ1) is 17.7. The van der Waals surface area contributed by atoms with Gasteiger partial charge in [0.2, 0.25) is 5.91 Å². The van der Waals surface area contributed by atoms with Gasteiger partial charge in [0.05, 0.1) is 13.0 Å². The third kappa shape index (κ3) is 4.00. The van der Waals surface area contributed by atoms with Crippen LogP contribution < -0.4 is 0 Å². The Balaban J connectivity index is 2.11. The second kappa shape index (κ2) is 7.27. The van der Waals surface area contributed by atoms with Crippen molar-refractivity contribution in [3.63, 3.8) is 0 Å². The van der Waals surface area contributed by atoms with E-state index in [9.17, 15) is 19.1 Å². The molecule has 1 heterocycles. The van der Waals surface area contributed by atoms with Crippen LogP contribution in [0.1, 0.15) is 18.4 Å². The topological polar surface area (TPSA) is 66.8 Å². The van der Waals surface area contributed by atoms with Crippen LogP contribution in [0.3, 0.4) is 0 Å². The molecular formula is C16H19ClFNO4. The molecule has 1 atom stereocenters. The summed E-state index contributed by atoms with van der Waals surface area (Å²) < 4.78 is 18.1. The van der Waals surface area contributed by atoms with Crippen molar-refractivity contribution >= 4 is 23.5 Å². The number of carboxylic acids is 1. The van der Waals surface area contributed by atoms with Gasteiger partial charge in [0, 0.05) is 25.2 Å². The average molecular weight is 344 g/mol. The lowest BCUT2D eigenvalue weighted by Gasteiger charge is -2.39. The van der Waals surface area contributed by atoms with Gasteiger partial charge in [-0.05, 0) is 30.5 Å². The molecule has 1 fully saturated rings. The van der Waals surface area contributed by atoms with Crippen molar-refractivity contribution < 1.29 is 23.8 Å². The Morgan fingerprint density at radius 2 is 2.22 bits per heavy atom. The number of likely N-dealkylation sites (tertiary alicyclic amines) is 1. The highest BCUT2D eigenvalue weighted by Crippen LogP contribution is 2.31. The number of methoxy groups -OCH3 is 1. The molecule has 1 aliphatic heterocycles. The Kier molecular flexibility index (Phi) is 5.59. The highest BCUT2D eigenvalue weighted by molar-refractivity contribution is 6.31. The van der Waals surface area contributed by atoms with E-state index in [2.05, 4.69) is 0 Å². The predicted molar refractivity (Wildman–Crippen MR) is 82.9 cm³/mol. The summed E-state index contributed by atoms with van der Waals surface area (Å²) in [5.41, 5.74) is -0.550. The monoisotopic (exact) mass is 343 g/mol. The number of amides is 1. The van der Waals surface area contributed by atoms with Gasteiger partial charge in [-0.2, -0.15) is 0 Å². The van der Waals surface area contributed by atoms with Crippen molar-refractivity contribution in [3.8, 4) is 0 Å². The molecule has 0 saturated carbocycles. The number of nitrogens with zero attached hydrogens (tertiary/aromatic N) is 1. The summed E-state index contributed by atoms with van der Waals surface area (Å²) in [7, 11) is 1.45. The standard InChI is InChI=1S/C16H19ClFNO4/c1-23-10-16(15(21)22)5-2-6-19(9-16)14(20)7-11-3-4-12(18)8-13(11)17/h3-4,8H,2,5-7,9-10H2,1H3,(H,21,22)/t16-/m1/s1. The zero-order chi connectivity index (χ0) is 17.0. The van der Waals surface area contributed by atoms with E-state index < -0.39 is 17.2 Å². The molecule has 1 amide bonds. The number of carbonyl (C=O) groups is 2. The predicted octanol–water partition coefficient (Wildman–Crippen LogP) is 2.36. The normalized spacial score (nSPS) is 21.3. The summed E-state index contributed by atoms with van der Waals surface area (Å²) >= 11 is 5.94. The Bertz CT molecular complexity index is 606. The molecule has 1 saturated heterocycles. The fourth-order valence-corrected chi connectivity index (χ4v) is 3.15. The third-order valence-corrected chi connectivity index (χ3v) is 4.51. The molecule has 1 aliphatic rings. The Morgan fingerprint density at radius 1 is 1.48 bits per heavy atom. The smallest absolute Gasteiger partial charge is 0.313 e. The molecule has 2 rings (SSSR count). The number of ether oxygens (including phenoxy) is 1. The lowest BCUT2D eigenvalue weighted by atomic mass is 9.80. The molecule has 1 N–H and O–H groups in total. The van der Waals surface area contributed by atoms with Crippen molar-refractivity contribution in [2.75, 3.05) is 26.8 Å². The molecule has 126 valence electrons. The van der Waals surface area contributed by atoms with Crippen LogP contribution in [-0.2, 0) is 20.7 Å². The molecule has 0 spiro atoms. The Hall–Kier alpha value is -1.66. The fourth-order valence-electron chi connectivity index (χ4n) is 2.91. The van der Waals surface area contributed by atoms with Gasteiger partial charge in [0.25, 0.3) is 0 Å². The molecular weight excluding hydrogens is 325 g/mol. The first-order valence-corrected chi connectivity index (χ1v) is 7.70. The van der Waals surface area contributed by atoms with Crippen molar-refractivity contribution in [2.45, 2.75) is 19.3 Å². The van der Waals surface area contributed by atoms with Crippen molar-refractivity contribution in [1.82, 2.24) is 4.90 Å². The second-order valence-electron chi connectivity index (χ2n) is 5.85. The van der Waals surface area contributed by atoms with Gasteiger partial charge in [-0.25, -0.2) is 4.39 Å². The van der Waals surface area contributed by atoms with Crippen LogP contribution in [0.4, 0.5) is 4.39 Å². The number of hydrogen-bond donors (Lipinski definition) is 1. The maximum absolute atomic E-state index is 13.1. The highest BCUT2D eigenvalue weighted by atomic mass is 35.5. The van der Waals surface area contributed by atoms with Gasteiger partial charge in [0.15, 0.2) is 0 Å². The van der Waals surface area contributed by atoms with Gasteiger partial charge in [-0.1, -0.05) is 17.7 Å². The minimum atomic E-state index is -1.07. The lowest BCUT2D eigenvalue weighted by molar-refractivity contribution is -0.159. The van der Waals surface area contributed by atoms with Crippen LogP contribution >= 0.6 is 11.6 Å². The van der Waals surface area contributed by atoms with E-state index in [1.54, 1.807) is 0 Å². The Morgan fingerprint density at radius 3 is 2.83 bits per heavy atom. The van der Waals surface area contributed by atoms with E-state index in [4.69, 9.17) is 16.3 Å². The molecule has 0 bridgehead atoms. The van der Waals surface area contributed by atoms with Crippen LogP contribution in [0.2, 0.25) is 5.02 Å². The number of hydrogen-bond acceptors (Lipinski definition) is 3. The second-order valence-corrected chi connectivity index (χ2v) is 6.26. The average Bonchev–Trinajstić information content (AvgIpc) is 2.50. The van der Waals surface area contributed by atoms with Crippen LogP contribution in [0.15, 0.2) is 18.2 Å². The van der Waals surface area contributed by atoms with E-state index in [1.807, 2.05) is 0 Å². The molecule has 1 aromatic rings. The number of rotatable bonds is 5. The van der Waals surface area contributed by atoms with Crippen LogP contribution in [0.5, 0.6) is 0 Å². The van der Waals surface area contributed by atoms with Crippen molar-refractivity contribution in [2.24, 2.45) is 5.41 Å². The molecule has 0 aliphatic carbocycles. The Labute approximate surface area is 139 Å². The summed E-state index contributed by atoms with van der Waals surface area (Å²) in [5, 5.41) is 9.69. The number of carbonyl (C=O) groups excluding carboxylic acids is 1. The van der Waals surface area contributed by atoms with Gasteiger partial charge >= 0.3 is 5.97 Å². The van der Waals surface area contributed by atoms with E-state index >= 15 is 0 Å². The number of aliphatic carboxylic acids is 1. The number of benzene rings is 1. The highest BCUT2D eigenvalue weighted by Gasteiger charge is 2.43. The number of carboxylic acid groups (broad SMARTS) is 1. The maximum atomic E-state index is 13.1. The minimum Gasteiger partial charge on any atom is -0.481 e. The quantitative estimate of drug-likeness (QED) is 0.891. The van der Waals surface area contributed by atoms with Crippen LogP contribution in [0.25, 0.3) is 0 Å². The summed E-state index contributed by atoms with van der Waals surface area (Å²) in [6.45, 7) is 0.660. The minimum absolute atomic E-state index is 0.0157. The van der Waals surface area contributed by atoms with E-state index in [-0.39, 0.29) is 30.5 Å². The van der Waals surface area contributed by atoms with Gasteiger partial charge < -0.3 is 14.7 Å². The van der Waals surface area contributed by atoms with Crippen LogP contribution in [-0.4, -0.2) is 48.7 Å². The van der Waals surface area contributed by atoms with Gasteiger partial charge in [0.1, 0.15) is 11.2 Å². The fraction of sp³-hybridized carbons (Fsp3) is 0.500. The molecule has 1 aromatic carbocycles. The molecule has 7 heteroatoms. The first-order valence-electron chi connectivity index (χ1n) is 7.32. The summed E-state index contributed by atoms with van der Waals surface area (Å²) in [6.07, 6.45) is 1.08. The van der Waals surface area contributed by atoms with Crippen LogP contribution in [0, 0.1) is 11.2 Å². The zero-order valence-electron chi connectivity index (χ0n) is 12.8. The van der Waals surface area contributed by atoms with Gasteiger partial charge in [-0.15, -0.1) is 0 Å². The summed E-state index contributed by atoms with van der Waals surface area (Å²) in [6, 6.07) is 3.88. The van der Waals surface area contributed by atoms with E-state index in [1.165, 1.54) is 24.1 Å². The van der Waals surface area contributed by atoms with Gasteiger partial charge in [-0.3, -0.25) is 9.59 Å². The molecule has 0 radical (unpaired) electrons. The largest absolute Gasteiger partial charge is 0.481 e. The molecule has 23 heavy (non-hydrogen) atoms. The maximum Gasteiger partial charge on any atom is 0.313 e. The van der Waals surface area contributed by atoms with E-state index in [0.29, 0.717) is 24.9 Å².